The summed E-state index contributed by atoms with van der Waals surface area (Å²) < 4.78 is 13.0. The van der Waals surface area contributed by atoms with E-state index in [1.807, 2.05) is 0 Å². The number of fused-ring (bicyclic) bond motifs is 16. The van der Waals surface area contributed by atoms with Gasteiger partial charge in [0.1, 0.15) is 22.3 Å². The molecule has 0 saturated heterocycles. The molecule has 0 amide bonds. The van der Waals surface area contributed by atoms with E-state index in [0.717, 1.165) is 54.6 Å². The largest absolute Gasteiger partial charge is 0.455 e. The Hall–Kier alpha value is -12.4. The van der Waals surface area contributed by atoms with Crippen molar-refractivity contribution in [1.29, 1.82) is 0 Å². The summed E-state index contributed by atoms with van der Waals surface area (Å²) in [5.74, 6) is 0. The van der Waals surface area contributed by atoms with Gasteiger partial charge in [-0.2, -0.15) is 0 Å². The molecule has 0 saturated carbocycles. The summed E-state index contributed by atoms with van der Waals surface area (Å²) >= 11 is 0. The third-order valence-corrected chi connectivity index (χ3v) is 19.7. The Morgan fingerprint density at radius 2 is 0.426 bits per heavy atom. The van der Waals surface area contributed by atoms with Gasteiger partial charge in [0.15, 0.2) is 0 Å². The predicted molar refractivity (Wildman–Crippen MR) is 400 cm³/mol. The van der Waals surface area contributed by atoms with E-state index in [1.54, 1.807) is 0 Å². The van der Waals surface area contributed by atoms with Gasteiger partial charge in [0, 0.05) is 32.3 Å². The topological polar surface area (TPSA) is 26.3 Å². The highest BCUT2D eigenvalue weighted by atomic mass is 16.3. The van der Waals surface area contributed by atoms with Crippen molar-refractivity contribution in [1.82, 2.24) is 0 Å². The van der Waals surface area contributed by atoms with Gasteiger partial charge in [0.2, 0.25) is 0 Å². The number of hydrogen-bond acceptors (Lipinski definition) is 2. The van der Waals surface area contributed by atoms with Crippen molar-refractivity contribution in [2.75, 3.05) is 0 Å². The van der Waals surface area contributed by atoms with Crippen molar-refractivity contribution in [2.45, 2.75) is 0 Å². The van der Waals surface area contributed by atoms with Gasteiger partial charge in [0.25, 0.3) is 0 Å². The van der Waals surface area contributed by atoms with Gasteiger partial charge < -0.3 is 8.83 Å². The molecule has 2 heteroatoms. The first-order valence-electron chi connectivity index (χ1n) is 32.4. The molecule has 94 heavy (non-hydrogen) atoms. The van der Waals surface area contributed by atoms with Gasteiger partial charge in [0.05, 0.1) is 0 Å². The van der Waals surface area contributed by atoms with Crippen LogP contribution in [0, 0.1) is 0 Å². The van der Waals surface area contributed by atoms with E-state index in [0.29, 0.717) is 0 Å². The van der Waals surface area contributed by atoms with Crippen LogP contribution in [0.1, 0.15) is 0 Å². The molecular weight excluding hydrogens is 1140 g/mol. The van der Waals surface area contributed by atoms with Gasteiger partial charge in [-0.15, -0.1) is 0 Å². The standard InChI is InChI=1S/2C46H28O/c1-2-12-31-26-33(21-20-29(31)10-1)32-13-9-14-34(27-32)44-37-16-5-7-18-39(37)45(40-19-8-6-17-38(40)44)35-23-25-43-42(28-35)41-24-22-30-11-3-4-15-36(30)46(41)47-43;1-2-11-33-27-34(22-19-29(33)9-1)30-17-20-32(21-18-30)44-37-13-5-7-15-39(37)45(40-16-8-6-14-38(40)44)35-24-26-43-42(28-35)41-25-23-31-10-3-4-12-36(31)46(41)47-43/h2*1-28H. The molecule has 0 unspecified atom stereocenters. The zero-order valence-electron chi connectivity index (χ0n) is 51.1. The number of furan rings is 2. The van der Waals surface area contributed by atoms with Crippen LogP contribution in [0.5, 0.6) is 0 Å². The lowest BCUT2D eigenvalue weighted by Crippen LogP contribution is -1.91. The average Bonchev–Trinajstić information content (AvgIpc) is 0.912. The van der Waals surface area contributed by atoms with E-state index in [-0.39, 0.29) is 0 Å². The van der Waals surface area contributed by atoms with Crippen LogP contribution in [0.3, 0.4) is 0 Å². The zero-order chi connectivity index (χ0) is 61.8. The molecule has 0 bridgehead atoms. The average molecular weight is 1190 g/mol. The molecule has 0 atom stereocenters. The van der Waals surface area contributed by atoms with Gasteiger partial charge >= 0.3 is 0 Å². The number of hydrogen-bond donors (Lipinski definition) is 0. The van der Waals surface area contributed by atoms with Crippen molar-refractivity contribution >= 4 is 130 Å². The van der Waals surface area contributed by atoms with E-state index < -0.39 is 0 Å². The van der Waals surface area contributed by atoms with E-state index in [4.69, 9.17) is 8.83 Å². The number of benzene rings is 18. The van der Waals surface area contributed by atoms with Crippen LogP contribution in [0.25, 0.3) is 197 Å². The van der Waals surface area contributed by atoms with Crippen LogP contribution in [0.2, 0.25) is 0 Å². The smallest absolute Gasteiger partial charge is 0.143 e. The van der Waals surface area contributed by atoms with Gasteiger partial charge in [-0.25, -0.2) is 0 Å². The lowest BCUT2D eigenvalue weighted by molar-refractivity contribution is 0.672. The molecule has 2 aromatic heterocycles. The van der Waals surface area contributed by atoms with Crippen molar-refractivity contribution in [3.05, 3.63) is 340 Å². The highest BCUT2D eigenvalue weighted by molar-refractivity contribution is 6.25. The quantitative estimate of drug-likeness (QED) is 0.155. The molecule has 0 N–H and O–H groups in total. The minimum absolute atomic E-state index is 0.913. The molecule has 0 spiro atoms. The SMILES string of the molecule is c1cc(-c2ccc3ccccc3c2)cc(-c2c3ccccc3c(-c3ccc4oc5c6ccccc6ccc5c4c3)c3ccccc23)c1.c1ccc2cc(-c3ccc(-c4c5ccccc5c(-c5ccc6oc7c8ccccc8ccc7c6c5)c5ccccc45)cc3)ccc2c1. The Morgan fingerprint density at radius 1 is 0.138 bits per heavy atom. The minimum atomic E-state index is 0.913. The van der Waals surface area contributed by atoms with Crippen molar-refractivity contribution in [2.24, 2.45) is 0 Å². The van der Waals surface area contributed by atoms with Gasteiger partial charge in [-0.1, -0.05) is 285 Å². The first-order chi connectivity index (χ1) is 46.6. The predicted octanol–water partition coefficient (Wildman–Crippen LogP) is 26.4. The highest BCUT2D eigenvalue weighted by Crippen LogP contribution is 2.48. The van der Waals surface area contributed by atoms with Crippen molar-refractivity contribution in [3.8, 4) is 66.8 Å². The fourth-order valence-corrected chi connectivity index (χ4v) is 15.2. The van der Waals surface area contributed by atoms with E-state index >= 15 is 0 Å². The van der Waals surface area contributed by atoms with Crippen LogP contribution in [0.15, 0.2) is 349 Å². The first kappa shape index (κ1) is 53.5. The summed E-state index contributed by atoms with van der Waals surface area (Å²) in [5, 5.41) is 24.3. The third kappa shape index (κ3) is 8.72. The van der Waals surface area contributed by atoms with Crippen LogP contribution in [-0.4, -0.2) is 0 Å². The molecule has 2 heterocycles. The maximum atomic E-state index is 6.48. The van der Waals surface area contributed by atoms with Crippen LogP contribution >= 0.6 is 0 Å². The third-order valence-electron chi connectivity index (χ3n) is 19.7. The molecule has 0 fully saturated rings. The van der Waals surface area contributed by atoms with Crippen LogP contribution in [-0.2, 0) is 0 Å². The first-order valence-corrected chi connectivity index (χ1v) is 32.4. The molecule has 0 aliphatic carbocycles. The summed E-state index contributed by atoms with van der Waals surface area (Å²) in [6, 6.07) is 123. The zero-order valence-corrected chi connectivity index (χ0v) is 51.1. The van der Waals surface area contributed by atoms with Gasteiger partial charge in [-0.05, 0) is 197 Å². The number of rotatable bonds is 6. The van der Waals surface area contributed by atoms with Crippen LogP contribution < -0.4 is 0 Å². The fraction of sp³-hybridized carbons (Fsp3) is 0. The molecule has 20 aromatic rings. The van der Waals surface area contributed by atoms with Crippen molar-refractivity contribution < 1.29 is 8.83 Å². The fourth-order valence-electron chi connectivity index (χ4n) is 15.2. The highest BCUT2D eigenvalue weighted by Gasteiger charge is 2.22. The maximum Gasteiger partial charge on any atom is 0.143 e. The maximum absolute atomic E-state index is 6.48. The molecule has 0 radical (unpaired) electrons. The molecule has 2 nitrogen and oxygen atoms in total. The lowest BCUT2D eigenvalue weighted by Gasteiger charge is -2.18. The van der Waals surface area contributed by atoms with E-state index in [2.05, 4.69) is 340 Å². The monoisotopic (exact) mass is 1190 g/mol. The second-order valence-electron chi connectivity index (χ2n) is 24.9. The normalized spacial score (nSPS) is 11.8. The summed E-state index contributed by atoms with van der Waals surface area (Å²) in [4.78, 5) is 0. The van der Waals surface area contributed by atoms with Gasteiger partial charge in [-0.3, -0.25) is 0 Å². The Morgan fingerprint density at radius 3 is 0.851 bits per heavy atom. The summed E-state index contributed by atoms with van der Waals surface area (Å²) in [5.41, 5.74) is 18.5. The van der Waals surface area contributed by atoms with E-state index in [9.17, 15) is 0 Å². The Kier molecular flexibility index (Phi) is 12.3. The Bertz CT molecular complexity index is 6360. The minimum Gasteiger partial charge on any atom is -0.455 e. The van der Waals surface area contributed by atoms with Crippen LogP contribution in [0.4, 0.5) is 0 Å². The molecule has 0 aliphatic rings. The Labute approximate surface area is 542 Å². The molecule has 20 rings (SSSR count). The van der Waals surface area contributed by atoms with E-state index in [1.165, 1.54) is 142 Å². The summed E-state index contributed by atoms with van der Waals surface area (Å²) in [7, 11) is 0. The second kappa shape index (κ2) is 21.7. The summed E-state index contributed by atoms with van der Waals surface area (Å²) in [6.07, 6.45) is 0. The van der Waals surface area contributed by atoms with Crippen molar-refractivity contribution in [3.63, 3.8) is 0 Å². The lowest BCUT2D eigenvalue weighted by atomic mass is 9.85. The molecule has 18 aromatic carbocycles. The Balaban J connectivity index is 0.000000133. The molecule has 436 valence electrons. The molecule has 0 aliphatic heterocycles. The summed E-state index contributed by atoms with van der Waals surface area (Å²) in [6.45, 7) is 0. The second-order valence-corrected chi connectivity index (χ2v) is 24.9. The molecular formula is C92H56O2.